The van der Waals surface area contributed by atoms with Gasteiger partial charge >= 0.3 is 0 Å². The number of nitrogens with one attached hydrogen (secondary N) is 1. The molecule has 0 unspecified atom stereocenters. The van der Waals surface area contributed by atoms with E-state index in [0.29, 0.717) is 29.2 Å². The van der Waals surface area contributed by atoms with Crippen LogP contribution in [0, 0.1) is 0 Å². The van der Waals surface area contributed by atoms with Crippen molar-refractivity contribution in [3.05, 3.63) is 30.5 Å². The first kappa shape index (κ1) is 20.3. The van der Waals surface area contributed by atoms with Crippen LogP contribution in [0.15, 0.2) is 23.3 Å². The molecule has 1 aliphatic carbocycles. The third-order valence-electron chi connectivity index (χ3n) is 6.07. The number of ether oxygens (including phenoxy) is 1. The van der Waals surface area contributed by atoms with Crippen LogP contribution in [0.2, 0.25) is 0 Å². The fraction of sp³-hybridized carbons (Fsp3) is 0.600. The Bertz CT molecular complexity index is 1050. The van der Waals surface area contributed by atoms with Gasteiger partial charge in [0.2, 0.25) is 5.89 Å². The Labute approximate surface area is 178 Å². The maximum Gasteiger partial charge on any atom is 0.226 e. The highest BCUT2D eigenvalue weighted by atomic mass is 16.6. The van der Waals surface area contributed by atoms with Gasteiger partial charge in [-0.05, 0) is 25.7 Å². The average molecular weight is 430 g/mol. The minimum Gasteiger partial charge on any atom is -0.443 e. The lowest BCUT2D eigenvalue weighted by Gasteiger charge is -2.26. The molecule has 0 aromatic carbocycles. The number of hydrogen-bond acceptors (Lipinski definition) is 10. The van der Waals surface area contributed by atoms with Gasteiger partial charge in [0.15, 0.2) is 29.3 Å². The second kappa shape index (κ2) is 8.15. The molecule has 4 heterocycles. The van der Waals surface area contributed by atoms with Crippen molar-refractivity contribution in [1.82, 2.24) is 24.5 Å². The van der Waals surface area contributed by atoms with Gasteiger partial charge in [-0.25, -0.2) is 19.9 Å². The standard InChI is InChI=1S/C20H26N6O5/c1-2-12-7-21-19(30-12)16-14(28)15(29)20(31-16)26-9-24-13-17(22-8-23-18(13)26)25-10-3-5-11(27)6-4-10/h7-11,14-16,20,27-29H,2-6H2,1H3,(H,22,23,25)/t10?,11?,14-,15+,16-,20+/m0/s1. The molecule has 4 N–H and O–H groups in total. The van der Waals surface area contributed by atoms with Crippen molar-refractivity contribution in [2.24, 2.45) is 0 Å². The lowest BCUT2D eigenvalue weighted by molar-refractivity contribution is -0.0439. The summed E-state index contributed by atoms with van der Waals surface area (Å²) >= 11 is 0. The molecule has 11 heteroatoms. The maximum absolute atomic E-state index is 10.7. The number of fused-ring (bicyclic) bond motifs is 1. The second-order valence-electron chi connectivity index (χ2n) is 8.14. The molecule has 166 valence electrons. The van der Waals surface area contributed by atoms with Crippen molar-refractivity contribution in [1.29, 1.82) is 0 Å². The summed E-state index contributed by atoms with van der Waals surface area (Å²) in [7, 11) is 0. The smallest absolute Gasteiger partial charge is 0.226 e. The first-order valence-corrected chi connectivity index (χ1v) is 10.6. The number of imidazole rings is 1. The number of aromatic nitrogens is 5. The molecule has 4 atom stereocenters. The first-order chi connectivity index (χ1) is 15.0. The minimum absolute atomic E-state index is 0.198. The molecule has 0 amide bonds. The Kier molecular flexibility index (Phi) is 5.34. The molecule has 3 aromatic rings. The Hall–Kier alpha value is -2.60. The lowest BCUT2D eigenvalue weighted by Crippen LogP contribution is -2.29. The molecule has 1 saturated heterocycles. The van der Waals surface area contributed by atoms with Crippen molar-refractivity contribution in [3.63, 3.8) is 0 Å². The van der Waals surface area contributed by atoms with Gasteiger partial charge < -0.3 is 29.8 Å². The number of aryl methyl sites for hydroxylation is 1. The third-order valence-corrected chi connectivity index (χ3v) is 6.07. The SMILES string of the molecule is CCc1cnc([C@H]2O[C@@H](n3cnc4c(NC5CCC(O)CC5)ncnc43)[C@H](O)[C@@H]2O)o1. The monoisotopic (exact) mass is 430 g/mol. The predicted octanol–water partition coefficient (Wildman–Crippen LogP) is 1.08. The van der Waals surface area contributed by atoms with E-state index in [1.165, 1.54) is 12.7 Å². The minimum atomic E-state index is -1.22. The van der Waals surface area contributed by atoms with Crippen LogP contribution in [0.4, 0.5) is 5.82 Å². The quantitative estimate of drug-likeness (QED) is 0.463. The number of anilines is 1. The number of aliphatic hydroxyl groups is 3. The molecular formula is C20H26N6O5. The molecule has 2 fully saturated rings. The maximum atomic E-state index is 10.7. The van der Waals surface area contributed by atoms with Crippen molar-refractivity contribution in [2.75, 3.05) is 5.32 Å². The van der Waals surface area contributed by atoms with Crippen LogP contribution in [-0.4, -0.2) is 64.2 Å². The van der Waals surface area contributed by atoms with Crippen LogP contribution >= 0.6 is 0 Å². The zero-order chi connectivity index (χ0) is 21.5. The predicted molar refractivity (Wildman–Crippen MR) is 108 cm³/mol. The van der Waals surface area contributed by atoms with E-state index in [4.69, 9.17) is 9.15 Å². The lowest BCUT2D eigenvalue weighted by atomic mass is 9.93. The molecule has 1 saturated carbocycles. The number of oxazole rings is 1. The molecule has 3 aromatic heterocycles. The van der Waals surface area contributed by atoms with Crippen LogP contribution in [0.1, 0.15) is 56.6 Å². The Morgan fingerprint density at radius 2 is 1.87 bits per heavy atom. The van der Waals surface area contributed by atoms with E-state index < -0.39 is 24.5 Å². The van der Waals surface area contributed by atoms with Crippen LogP contribution in [0.3, 0.4) is 0 Å². The molecular weight excluding hydrogens is 404 g/mol. The fourth-order valence-electron chi connectivity index (χ4n) is 4.27. The van der Waals surface area contributed by atoms with E-state index >= 15 is 0 Å². The largest absolute Gasteiger partial charge is 0.443 e. The van der Waals surface area contributed by atoms with E-state index in [1.54, 1.807) is 10.8 Å². The summed E-state index contributed by atoms with van der Waals surface area (Å²) in [6, 6.07) is 0.198. The molecule has 1 aliphatic heterocycles. The number of hydrogen-bond donors (Lipinski definition) is 4. The summed E-state index contributed by atoms with van der Waals surface area (Å²) in [5.41, 5.74) is 1.03. The van der Waals surface area contributed by atoms with Gasteiger partial charge in [-0.3, -0.25) is 4.57 Å². The number of nitrogens with zero attached hydrogens (tertiary/aromatic N) is 5. The highest BCUT2D eigenvalue weighted by Crippen LogP contribution is 2.39. The molecule has 5 rings (SSSR count). The van der Waals surface area contributed by atoms with Crippen molar-refractivity contribution in [2.45, 2.75) is 75.7 Å². The summed E-state index contributed by atoms with van der Waals surface area (Å²) in [4.78, 5) is 17.3. The van der Waals surface area contributed by atoms with Gasteiger partial charge in [-0.1, -0.05) is 6.92 Å². The number of aliphatic hydroxyl groups excluding tert-OH is 3. The second-order valence-corrected chi connectivity index (χ2v) is 8.14. The van der Waals surface area contributed by atoms with Crippen LogP contribution in [0.5, 0.6) is 0 Å². The number of rotatable bonds is 5. The van der Waals surface area contributed by atoms with Gasteiger partial charge in [0.25, 0.3) is 0 Å². The van der Waals surface area contributed by atoms with E-state index in [-0.39, 0.29) is 18.0 Å². The zero-order valence-electron chi connectivity index (χ0n) is 17.1. The van der Waals surface area contributed by atoms with Crippen molar-refractivity contribution < 1.29 is 24.5 Å². The van der Waals surface area contributed by atoms with Gasteiger partial charge in [0.1, 0.15) is 24.3 Å². The molecule has 11 nitrogen and oxygen atoms in total. The third kappa shape index (κ3) is 3.67. The van der Waals surface area contributed by atoms with E-state index in [1.807, 2.05) is 6.92 Å². The summed E-state index contributed by atoms with van der Waals surface area (Å²) < 4.78 is 13.1. The van der Waals surface area contributed by atoms with Crippen LogP contribution in [0.25, 0.3) is 11.2 Å². The van der Waals surface area contributed by atoms with Gasteiger partial charge in [-0.15, -0.1) is 0 Å². The average Bonchev–Trinajstić information content (AvgIpc) is 3.49. The fourth-order valence-corrected chi connectivity index (χ4v) is 4.27. The van der Waals surface area contributed by atoms with Gasteiger partial charge in [-0.2, -0.15) is 0 Å². The van der Waals surface area contributed by atoms with Crippen molar-refractivity contribution >= 4 is 17.0 Å². The molecule has 0 radical (unpaired) electrons. The summed E-state index contributed by atoms with van der Waals surface area (Å²) in [6.07, 6.45) is 3.94. The highest BCUT2D eigenvalue weighted by Gasteiger charge is 2.47. The summed E-state index contributed by atoms with van der Waals surface area (Å²) in [5.74, 6) is 1.50. The van der Waals surface area contributed by atoms with E-state index in [0.717, 1.165) is 25.7 Å². The first-order valence-electron chi connectivity index (χ1n) is 10.6. The topological polar surface area (TPSA) is 152 Å². The summed E-state index contributed by atoms with van der Waals surface area (Å²) in [5, 5.41) is 34.3. The summed E-state index contributed by atoms with van der Waals surface area (Å²) in [6.45, 7) is 1.94. The Balaban J connectivity index is 1.40. The molecule has 0 spiro atoms. The van der Waals surface area contributed by atoms with Gasteiger partial charge in [0.05, 0.1) is 18.6 Å². The van der Waals surface area contributed by atoms with Crippen molar-refractivity contribution in [3.8, 4) is 0 Å². The highest BCUT2D eigenvalue weighted by molar-refractivity contribution is 5.82. The molecule has 2 aliphatic rings. The van der Waals surface area contributed by atoms with Gasteiger partial charge in [0, 0.05) is 12.5 Å². The Morgan fingerprint density at radius 3 is 2.61 bits per heavy atom. The van der Waals surface area contributed by atoms with Crippen LogP contribution in [-0.2, 0) is 11.2 Å². The molecule has 31 heavy (non-hydrogen) atoms. The normalized spacial score (nSPS) is 31.4. The zero-order valence-corrected chi connectivity index (χ0v) is 17.1. The van der Waals surface area contributed by atoms with E-state index in [2.05, 4.69) is 25.3 Å². The Morgan fingerprint density at radius 1 is 1.06 bits per heavy atom. The molecule has 0 bridgehead atoms. The van der Waals surface area contributed by atoms with E-state index in [9.17, 15) is 15.3 Å². The van der Waals surface area contributed by atoms with Crippen LogP contribution < -0.4 is 5.32 Å².